The molecule has 0 radical (unpaired) electrons. The van der Waals surface area contributed by atoms with Crippen molar-refractivity contribution in [2.24, 2.45) is 7.05 Å². The number of alkyl halides is 1. The van der Waals surface area contributed by atoms with E-state index in [1.165, 1.54) is 25.7 Å². The Kier molecular flexibility index (Phi) is 6.09. The number of halogens is 1. The lowest BCUT2D eigenvalue weighted by molar-refractivity contribution is 0.565. The Bertz CT molecular complexity index is 570. The highest BCUT2D eigenvalue weighted by Crippen LogP contribution is 2.22. The van der Waals surface area contributed by atoms with Crippen LogP contribution >= 0.6 is 11.6 Å². The Hall–Kier alpha value is -1.03. The van der Waals surface area contributed by atoms with Crippen LogP contribution in [0.2, 0.25) is 0 Å². The van der Waals surface area contributed by atoms with Crippen molar-refractivity contribution in [3.63, 3.8) is 0 Å². The number of rotatable bonds is 9. The molecule has 0 aliphatic heterocycles. The molecule has 0 fully saturated rings. The van der Waals surface area contributed by atoms with Gasteiger partial charge < -0.3 is 4.57 Å². The average Bonchev–Trinajstić information content (AvgIpc) is 2.96. The van der Waals surface area contributed by atoms with E-state index in [4.69, 9.17) is 16.6 Å². The highest BCUT2D eigenvalue weighted by molar-refractivity contribution is 6.17. The van der Waals surface area contributed by atoms with Gasteiger partial charge in [-0.2, -0.15) is 5.10 Å². The van der Waals surface area contributed by atoms with E-state index >= 15 is 0 Å². The molecule has 0 aromatic carbocycles. The second kappa shape index (κ2) is 7.83. The van der Waals surface area contributed by atoms with Crippen LogP contribution in [0.25, 0.3) is 11.2 Å². The number of hydrogen-bond acceptors (Lipinski definition) is 2. The largest absolute Gasteiger partial charge is 0.313 e. The van der Waals surface area contributed by atoms with Crippen molar-refractivity contribution in [1.29, 1.82) is 0 Å². The molecule has 0 N–H and O–H groups in total. The zero-order valence-electron chi connectivity index (χ0n) is 13.5. The third kappa shape index (κ3) is 3.60. The topological polar surface area (TPSA) is 35.6 Å². The third-order valence-electron chi connectivity index (χ3n) is 3.91. The lowest BCUT2D eigenvalue weighted by Gasteiger charge is -2.08. The van der Waals surface area contributed by atoms with E-state index in [2.05, 4.69) is 23.5 Å². The van der Waals surface area contributed by atoms with Crippen LogP contribution < -0.4 is 0 Å². The first-order valence-electron chi connectivity index (χ1n) is 8.19. The Morgan fingerprint density at radius 1 is 1.05 bits per heavy atom. The van der Waals surface area contributed by atoms with Crippen molar-refractivity contribution in [1.82, 2.24) is 19.3 Å². The van der Waals surface area contributed by atoms with E-state index in [-0.39, 0.29) is 0 Å². The first-order valence-corrected chi connectivity index (χ1v) is 8.73. The van der Waals surface area contributed by atoms with Crippen LogP contribution in [-0.4, -0.2) is 25.2 Å². The van der Waals surface area contributed by atoms with E-state index in [0.717, 1.165) is 48.5 Å². The zero-order valence-corrected chi connectivity index (χ0v) is 14.3. The van der Waals surface area contributed by atoms with E-state index in [1.54, 1.807) is 0 Å². The van der Waals surface area contributed by atoms with Crippen LogP contribution in [0.5, 0.6) is 0 Å². The van der Waals surface area contributed by atoms with Crippen molar-refractivity contribution in [2.45, 2.75) is 65.3 Å². The maximum absolute atomic E-state index is 5.95. The highest BCUT2D eigenvalue weighted by Gasteiger charge is 2.18. The molecule has 2 aromatic rings. The molecule has 2 aromatic heterocycles. The predicted octanol–water partition coefficient (Wildman–Crippen LogP) is 4.08. The van der Waals surface area contributed by atoms with Crippen molar-refractivity contribution in [3.8, 4) is 0 Å². The smallest absolute Gasteiger partial charge is 0.158 e. The minimum atomic E-state index is 0.620. The zero-order chi connectivity index (χ0) is 15.2. The summed E-state index contributed by atoms with van der Waals surface area (Å²) in [7, 11) is 2.02. The molecule has 0 aliphatic carbocycles. The maximum Gasteiger partial charge on any atom is 0.158 e. The summed E-state index contributed by atoms with van der Waals surface area (Å²) in [4.78, 5) is 4.84. The summed E-state index contributed by atoms with van der Waals surface area (Å²) in [5, 5.41) is 4.65. The molecule has 118 valence electrons. The number of aryl methyl sites for hydroxylation is 4. The van der Waals surface area contributed by atoms with E-state index in [1.807, 2.05) is 11.7 Å². The van der Waals surface area contributed by atoms with Crippen molar-refractivity contribution < 1.29 is 0 Å². The maximum atomic E-state index is 5.95. The molecule has 0 atom stereocenters. The summed E-state index contributed by atoms with van der Waals surface area (Å²) in [6, 6.07) is 0. The van der Waals surface area contributed by atoms with Gasteiger partial charge in [-0.25, -0.2) is 4.98 Å². The second-order valence-electron chi connectivity index (χ2n) is 5.67. The molecule has 0 amide bonds. The number of imidazole rings is 1. The standard InChI is InChI=1S/C16H27ClN4/c1-4-6-7-8-12-21-14(10-11-17)18-15-13(9-5-2)19-20(3)16(15)21/h4-12H2,1-3H3. The molecule has 4 nitrogen and oxygen atoms in total. The van der Waals surface area contributed by atoms with Crippen molar-refractivity contribution in [2.75, 3.05) is 5.88 Å². The van der Waals surface area contributed by atoms with Gasteiger partial charge in [0.05, 0.1) is 5.69 Å². The normalized spacial score (nSPS) is 11.6. The summed E-state index contributed by atoms with van der Waals surface area (Å²) >= 11 is 5.95. The van der Waals surface area contributed by atoms with Crippen LogP contribution in [-0.2, 0) is 26.4 Å². The Balaban J connectivity index is 2.32. The molecular weight excluding hydrogens is 284 g/mol. The molecule has 0 aliphatic rings. The number of aromatic nitrogens is 4. The molecule has 2 rings (SSSR count). The van der Waals surface area contributed by atoms with Crippen LogP contribution in [0, 0.1) is 0 Å². The van der Waals surface area contributed by atoms with Gasteiger partial charge >= 0.3 is 0 Å². The summed E-state index contributed by atoms with van der Waals surface area (Å²) in [6.07, 6.45) is 7.95. The summed E-state index contributed by atoms with van der Waals surface area (Å²) in [5.74, 6) is 1.73. The number of nitrogens with zero attached hydrogens (tertiary/aromatic N) is 4. The fourth-order valence-electron chi connectivity index (χ4n) is 2.90. The van der Waals surface area contributed by atoms with E-state index in [0.29, 0.717) is 5.88 Å². The minimum Gasteiger partial charge on any atom is -0.313 e. The predicted molar refractivity (Wildman–Crippen MR) is 89.1 cm³/mol. The Morgan fingerprint density at radius 2 is 1.86 bits per heavy atom. The third-order valence-corrected chi connectivity index (χ3v) is 4.10. The van der Waals surface area contributed by atoms with Gasteiger partial charge in [0.25, 0.3) is 0 Å². The number of hydrogen-bond donors (Lipinski definition) is 0. The summed E-state index contributed by atoms with van der Waals surface area (Å²) in [6.45, 7) is 5.45. The molecule has 0 unspecified atom stereocenters. The average molecular weight is 311 g/mol. The van der Waals surface area contributed by atoms with Crippen LogP contribution in [0.1, 0.15) is 57.5 Å². The van der Waals surface area contributed by atoms with Gasteiger partial charge in [-0.1, -0.05) is 39.5 Å². The molecule has 0 saturated heterocycles. The van der Waals surface area contributed by atoms with E-state index < -0.39 is 0 Å². The molecule has 5 heteroatoms. The van der Waals surface area contributed by atoms with Gasteiger partial charge in [0.1, 0.15) is 11.3 Å². The summed E-state index contributed by atoms with van der Waals surface area (Å²) in [5.41, 5.74) is 3.36. The lowest BCUT2D eigenvalue weighted by Crippen LogP contribution is -2.08. The molecule has 0 saturated carbocycles. The van der Waals surface area contributed by atoms with Gasteiger partial charge in [-0.3, -0.25) is 4.68 Å². The Labute approximate surface area is 132 Å². The minimum absolute atomic E-state index is 0.620. The number of fused-ring (bicyclic) bond motifs is 1. The molecule has 2 heterocycles. The molecule has 21 heavy (non-hydrogen) atoms. The van der Waals surface area contributed by atoms with Gasteiger partial charge in [0.2, 0.25) is 0 Å². The van der Waals surface area contributed by atoms with Crippen LogP contribution in [0.15, 0.2) is 0 Å². The molecular formula is C16H27ClN4. The quantitative estimate of drug-likeness (QED) is 0.516. The Morgan fingerprint density at radius 3 is 2.52 bits per heavy atom. The summed E-state index contributed by atoms with van der Waals surface area (Å²) < 4.78 is 4.32. The fourth-order valence-corrected chi connectivity index (χ4v) is 3.07. The highest BCUT2D eigenvalue weighted by atomic mass is 35.5. The SMILES string of the molecule is CCCCCCn1c(CCCl)nc2c(CCC)nn(C)c21. The van der Waals surface area contributed by atoms with Gasteiger partial charge in [-0.15, -0.1) is 11.6 Å². The first kappa shape index (κ1) is 16.3. The lowest BCUT2D eigenvalue weighted by atomic mass is 10.2. The van der Waals surface area contributed by atoms with Gasteiger partial charge in [0, 0.05) is 25.9 Å². The van der Waals surface area contributed by atoms with Crippen molar-refractivity contribution in [3.05, 3.63) is 11.5 Å². The van der Waals surface area contributed by atoms with Crippen molar-refractivity contribution >= 4 is 22.8 Å². The first-order chi connectivity index (χ1) is 10.2. The van der Waals surface area contributed by atoms with Gasteiger partial charge in [0.15, 0.2) is 5.65 Å². The van der Waals surface area contributed by atoms with Crippen LogP contribution in [0.3, 0.4) is 0 Å². The van der Waals surface area contributed by atoms with E-state index in [9.17, 15) is 0 Å². The molecule has 0 spiro atoms. The second-order valence-corrected chi connectivity index (χ2v) is 6.05. The number of unbranched alkanes of at least 4 members (excludes halogenated alkanes) is 3. The molecule has 0 bridgehead atoms. The van der Waals surface area contributed by atoms with Gasteiger partial charge in [-0.05, 0) is 12.8 Å². The monoisotopic (exact) mass is 310 g/mol. The van der Waals surface area contributed by atoms with Crippen LogP contribution in [0.4, 0.5) is 0 Å². The fraction of sp³-hybridized carbons (Fsp3) is 0.750.